The van der Waals surface area contributed by atoms with Crippen molar-refractivity contribution in [3.63, 3.8) is 0 Å². The molecule has 0 spiro atoms. The summed E-state index contributed by atoms with van der Waals surface area (Å²) in [5, 5.41) is 8.95. The molecule has 0 radical (unpaired) electrons. The predicted octanol–water partition coefficient (Wildman–Crippen LogP) is -2.35. The minimum atomic E-state index is -3.37. The SMILES string of the molecule is CN(C)S(=O)(=O)c1ccc(O)cc1.[Na+]. The molecule has 72 valence electrons. The van der Waals surface area contributed by atoms with E-state index in [1.165, 1.54) is 38.4 Å². The molecule has 1 aromatic rings. The number of phenols is 1. The van der Waals surface area contributed by atoms with Crippen LogP contribution in [0.1, 0.15) is 0 Å². The first-order valence-corrected chi connectivity index (χ1v) is 5.10. The van der Waals surface area contributed by atoms with E-state index in [4.69, 9.17) is 5.11 Å². The van der Waals surface area contributed by atoms with Gasteiger partial charge in [-0.2, -0.15) is 0 Å². The Hall–Kier alpha value is -0.0700. The summed E-state index contributed by atoms with van der Waals surface area (Å²) < 4.78 is 24.1. The van der Waals surface area contributed by atoms with Crippen LogP contribution in [0.15, 0.2) is 29.2 Å². The van der Waals surface area contributed by atoms with Crippen LogP contribution in [-0.2, 0) is 10.0 Å². The fourth-order valence-electron chi connectivity index (χ4n) is 0.829. The van der Waals surface area contributed by atoms with E-state index in [2.05, 4.69) is 0 Å². The molecule has 0 unspecified atom stereocenters. The molecule has 0 bridgehead atoms. The normalized spacial score (nSPS) is 11.1. The second-order valence-corrected chi connectivity index (χ2v) is 4.93. The van der Waals surface area contributed by atoms with Crippen LogP contribution in [0, 0.1) is 0 Å². The molecular weight excluding hydrogens is 213 g/mol. The van der Waals surface area contributed by atoms with Gasteiger partial charge in [0.15, 0.2) is 0 Å². The molecule has 0 saturated heterocycles. The summed E-state index contributed by atoms with van der Waals surface area (Å²) in [6.45, 7) is 0. The molecule has 0 aromatic heterocycles. The molecule has 0 heterocycles. The molecule has 0 aliphatic rings. The van der Waals surface area contributed by atoms with Crippen molar-refractivity contribution in [1.82, 2.24) is 4.31 Å². The Morgan fingerprint density at radius 2 is 1.57 bits per heavy atom. The monoisotopic (exact) mass is 224 g/mol. The van der Waals surface area contributed by atoms with Crippen LogP contribution in [0.5, 0.6) is 5.75 Å². The van der Waals surface area contributed by atoms with Gasteiger partial charge in [-0.3, -0.25) is 0 Å². The second-order valence-electron chi connectivity index (χ2n) is 2.78. The molecule has 6 heteroatoms. The van der Waals surface area contributed by atoms with Crippen molar-refractivity contribution in [2.45, 2.75) is 4.90 Å². The zero-order chi connectivity index (χ0) is 10.1. The van der Waals surface area contributed by atoms with Crippen LogP contribution in [0.4, 0.5) is 0 Å². The van der Waals surface area contributed by atoms with Crippen molar-refractivity contribution >= 4 is 10.0 Å². The molecule has 0 fully saturated rings. The van der Waals surface area contributed by atoms with Gasteiger partial charge < -0.3 is 5.11 Å². The molecule has 1 N–H and O–H groups in total. The van der Waals surface area contributed by atoms with Crippen molar-refractivity contribution in [3.05, 3.63) is 24.3 Å². The molecular formula is C8H11NNaO3S+. The van der Waals surface area contributed by atoms with Gasteiger partial charge in [-0.05, 0) is 24.3 Å². The summed E-state index contributed by atoms with van der Waals surface area (Å²) in [7, 11) is -0.450. The average Bonchev–Trinajstić information content (AvgIpc) is 2.04. The van der Waals surface area contributed by atoms with Crippen molar-refractivity contribution in [1.29, 1.82) is 0 Å². The van der Waals surface area contributed by atoms with E-state index in [0.717, 1.165) is 4.31 Å². The Kier molecular flexibility index (Phi) is 5.11. The van der Waals surface area contributed by atoms with Crippen LogP contribution < -0.4 is 29.6 Å². The maximum Gasteiger partial charge on any atom is 1.00 e. The van der Waals surface area contributed by atoms with E-state index in [9.17, 15) is 8.42 Å². The van der Waals surface area contributed by atoms with Gasteiger partial charge >= 0.3 is 29.6 Å². The van der Waals surface area contributed by atoms with E-state index in [1.807, 2.05) is 0 Å². The van der Waals surface area contributed by atoms with E-state index in [1.54, 1.807) is 0 Å². The van der Waals surface area contributed by atoms with Gasteiger partial charge in [-0.15, -0.1) is 0 Å². The zero-order valence-electron chi connectivity index (χ0n) is 8.43. The maximum atomic E-state index is 11.5. The van der Waals surface area contributed by atoms with Crippen LogP contribution in [0.2, 0.25) is 0 Å². The molecule has 1 aromatic carbocycles. The van der Waals surface area contributed by atoms with Gasteiger partial charge in [0.2, 0.25) is 10.0 Å². The Morgan fingerprint density at radius 1 is 1.14 bits per heavy atom. The fraction of sp³-hybridized carbons (Fsp3) is 0.250. The molecule has 0 aliphatic heterocycles. The van der Waals surface area contributed by atoms with Crippen molar-refractivity contribution in [3.8, 4) is 5.75 Å². The summed E-state index contributed by atoms with van der Waals surface area (Å²) in [6.07, 6.45) is 0. The molecule has 4 nitrogen and oxygen atoms in total. The molecule has 0 saturated carbocycles. The number of hydrogen-bond donors (Lipinski definition) is 1. The van der Waals surface area contributed by atoms with Gasteiger partial charge in [0.25, 0.3) is 0 Å². The van der Waals surface area contributed by atoms with Crippen molar-refractivity contribution in [2.24, 2.45) is 0 Å². The van der Waals surface area contributed by atoms with E-state index < -0.39 is 10.0 Å². The zero-order valence-corrected chi connectivity index (χ0v) is 11.2. The van der Waals surface area contributed by atoms with E-state index >= 15 is 0 Å². The Morgan fingerprint density at radius 3 is 1.93 bits per heavy atom. The van der Waals surface area contributed by atoms with E-state index in [-0.39, 0.29) is 40.2 Å². The number of benzene rings is 1. The molecule has 1 rings (SSSR count). The number of sulfonamides is 1. The first-order chi connectivity index (χ1) is 5.94. The maximum absolute atomic E-state index is 11.5. The van der Waals surface area contributed by atoms with Crippen LogP contribution in [0.3, 0.4) is 0 Å². The third-order valence-electron chi connectivity index (χ3n) is 1.62. The first-order valence-electron chi connectivity index (χ1n) is 3.66. The molecule has 0 amide bonds. The van der Waals surface area contributed by atoms with Crippen molar-refractivity contribution < 1.29 is 43.1 Å². The summed E-state index contributed by atoms with van der Waals surface area (Å²) in [6, 6.07) is 5.42. The topological polar surface area (TPSA) is 57.6 Å². The quantitative estimate of drug-likeness (QED) is 0.572. The Labute approximate surface area is 106 Å². The standard InChI is InChI=1S/C8H11NO3S.Na/c1-9(2)13(11,12)8-5-3-7(10)4-6-8;/h3-6,10H,1-2H3;/q;+1. The third kappa shape index (κ3) is 2.96. The van der Waals surface area contributed by atoms with Crippen molar-refractivity contribution in [2.75, 3.05) is 14.1 Å². The predicted molar refractivity (Wildman–Crippen MR) is 49.0 cm³/mol. The summed E-state index contributed by atoms with van der Waals surface area (Å²) in [4.78, 5) is 0.176. The number of aromatic hydroxyl groups is 1. The number of phenolic OH excluding ortho intramolecular Hbond substituents is 1. The largest absolute Gasteiger partial charge is 1.00 e. The Bertz CT molecular complexity index is 386. The van der Waals surface area contributed by atoms with Gasteiger partial charge in [0.1, 0.15) is 5.75 Å². The van der Waals surface area contributed by atoms with Crippen LogP contribution in [-0.4, -0.2) is 31.9 Å². The summed E-state index contributed by atoms with van der Waals surface area (Å²) in [5.74, 6) is 0.0534. The third-order valence-corrected chi connectivity index (χ3v) is 3.44. The minimum Gasteiger partial charge on any atom is -0.508 e. The number of hydrogen-bond acceptors (Lipinski definition) is 3. The van der Waals surface area contributed by atoms with Gasteiger partial charge in [0, 0.05) is 14.1 Å². The fourth-order valence-corrected chi connectivity index (χ4v) is 1.73. The first kappa shape index (κ1) is 13.9. The number of nitrogens with zero attached hydrogens (tertiary/aromatic N) is 1. The van der Waals surface area contributed by atoms with Gasteiger partial charge in [-0.1, -0.05) is 0 Å². The summed E-state index contributed by atoms with van der Waals surface area (Å²) in [5.41, 5.74) is 0. The smallest absolute Gasteiger partial charge is 0.508 e. The molecule has 0 atom stereocenters. The second kappa shape index (κ2) is 5.14. The van der Waals surface area contributed by atoms with Gasteiger partial charge in [-0.25, -0.2) is 12.7 Å². The van der Waals surface area contributed by atoms with Crippen LogP contribution >= 0.6 is 0 Å². The molecule has 14 heavy (non-hydrogen) atoms. The minimum absolute atomic E-state index is 0. The summed E-state index contributed by atoms with van der Waals surface area (Å²) >= 11 is 0. The average molecular weight is 224 g/mol. The van der Waals surface area contributed by atoms with Gasteiger partial charge in [0.05, 0.1) is 4.90 Å². The van der Waals surface area contributed by atoms with Crippen LogP contribution in [0.25, 0.3) is 0 Å². The number of rotatable bonds is 2. The molecule has 0 aliphatic carbocycles. The van der Waals surface area contributed by atoms with E-state index in [0.29, 0.717) is 0 Å². The Balaban J connectivity index is 0.00000169.